The van der Waals surface area contributed by atoms with E-state index >= 15 is 0 Å². The van der Waals surface area contributed by atoms with Crippen LogP contribution in [0.25, 0.3) is 0 Å². The molecule has 1 aliphatic rings. The molecule has 1 saturated heterocycles. The molecule has 1 aromatic rings. The molecule has 1 aliphatic heterocycles. The van der Waals surface area contributed by atoms with E-state index in [9.17, 15) is 9.90 Å². The first-order chi connectivity index (χ1) is 8.01. The summed E-state index contributed by atoms with van der Waals surface area (Å²) in [6, 6.07) is 0. The van der Waals surface area contributed by atoms with Gasteiger partial charge in [0.25, 0.3) is 0 Å². The highest BCUT2D eigenvalue weighted by molar-refractivity contribution is 5.75. The van der Waals surface area contributed by atoms with Crippen molar-refractivity contribution in [3.63, 3.8) is 0 Å². The number of aliphatic carboxylic acids is 1. The van der Waals surface area contributed by atoms with E-state index in [-0.39, 0.29) is 0 Å². The maximum absolute atomic E-state index is 11.2. The van der Waals surface area contributed by atoms with Gasteiger partial charge in [0, 0.05) is 25.5 Å². The zero-order valence-corrected chi connectivity index (χ0v) is 10.2. The average Bonchev–Trinajstić information content (AvgIpc) is 2.30. The van der Waals surface area contributed by atoms with Gasteiger partial charge in [0.15, 0.2) is 0 Å². The number of hydrogen-bond acceptors (Lipinski definition) is 4. The van der Waals surface area contributed by atoms with Crippen molar-refractivity contribution in [2.45, 2.75) is 26.7 Å². The highest BCUT2D eigenvalue weighted by Gasteiger charge is 2.38. The average molecular weight is 235 g/mol. The van der Waals surface area contributed by atoms with Crippen LogP contribution in [0.2, 0.25) is 0 Å². The normalized spacial score (nSPS) is 24.7. The number of rotatable bonds is 2. The van der Waals surface area contributed by atoms with E-state index in [1.54, 1.807) is 19.3 Å². The quantitative estimate of drug-likeness (QED) is 0.841. The van der Waals surface area contributed by atoms with Crippen LogP contribution < -0.4 is 4.90 Å². The number of aromatic nitrogens is 2. The number of carboxylic acids is 1. The van der Waals surface area contributed by atoms with Gasteiger partial charge in [-0.2, -0.15) is 0 Å². The van der Waals surface area contributed by atoms with E-state index in [0.717, 1.165) is 18.5 Å². The van der Waals surface area contributed by atoms with Crippen LogP contribution in [-0.4, -0.2) is 34.1 Å². The third kappa shape index (κ3) is 2.38. The highest BCUT2D eigenvalue weighted by Crippen LogP contribution is 2.31. The topological polar surface area (TPSA) is 66.3 Å². The molecule has 1 unspecified atom stereocenters. The number of anilines is 1. The second kappa shape index (κ2) is 4.31. The Morgan fingerprint density at radius 2 is 2.12 bits per heavy atom. The van der Waals surface area contributed by atoms with E-state index < -0.39 is 11.4 Å². The molecule has 1 N–H and O–H groups in total. The molecule has 1 atom stereocenters. The Morgan fingerprint density at radius 3 is 2.71 bits per heavy atom. The first-order valence-electron chi connectivity index (χ1n) is 5.78. The number of aryl methyl sites for hydroxylation is 1. The minimum atomic E-state index is -0.741. The van der Waals surface area contributed by atoms with Gasteiger partial charge >= 0.3 is 5.97 Å². The lowest BCUT2D eigenvalue weighted by atomic mass is 9.82. The summed E-state index contributed by atoms with van der Waals surface area (Å²) in [6.45, 7) is 5.02. The Kier molecular flexibility index (Phi) is 3.00. The number of carbonyl (C=O) groups is 1. The van der Waals surface area contributed by atoms with Crippen molar-refractivity contribution in [2.24, 2.45) is 5.41 Å². The fraction of sp³-hybridized carbons (Fsp3) is 0.583. The molecule has 0 aliphatic carbocycles. The third-order valence-electron chi connectivity index (χ3n) is 3.26. The van der Waals surface area contributed by atoms with E-state index in [1.165, 1.54) is 0 Å². The van der Waals surface area contributed by atoms with Crippen molar-refractivity contribution in [1.82, 2.24) is 9.97 Å². The molecule has 92 valence electrons. The van der Waals surface area contributed by atoms with Crippen LogP contribution in [0.5, 0.6) is 0 Å². The van der Waals surface area contributed by atoms with Gasteiger partial charge in [0.05, 0.1) is 5.41 Å². The van der Waals surface area contributed by atoms with Gasteiger partial charge in [-0.25, -0.2) is 9.97 Å². The maximum Gasteiger partial charge on any atom is 0.311 e. The molecule has 17 heavy (non-hydrogen) atoms. The fourth-order valence-corrected chi connectivity index (χ4v) is 2.13. The third-order valence-corrected chi connectivity index (χ3v) is 3.26. The molecule has 0 bridgehead atoms. The van der Waals surface area contributed by atoms with Gasteiger partial charge in [-0.15, -0.1) is 0 Å². The Hall–Kier alpha value is -1.65. The Labute approximate surface area is 100 Å². The van der Waals surface area contributed by atoms with Crippen LogP contribution in [0.3, 0.4) is 0 Å². The van der Waals surface area contributed by atoms with Crippen molar-refractivity contribution in [3.8, 4) is 0 Å². The minimum absolute atomic E-state index is 0.478. The Balaban J connectivity index is 2.17. The summed E-state index contributed by atoms with van der Waals surface area (Å²) in [7, 11) is 0. The minimum Gasteiger partial charge on any atom is -0.481 e. The molecular formula is C12H17N3O2. The van der Waals surface area contributed by atoms with Gasteiger partial charge in [-0.3, -0.25) is 4.79 Å². The van der Waals surface area contributed by atoms with Gasteiger partial charge < -0.3 is 10.0 Å². The lowest BCUT2D eigenvalue weighted by Gasteiger charge is -2.37. The summed E-state index contributed by atoms with van der Waals surface area (Å²) < 4.78 is 0. The number of nitrogens with zero attached hydrogens (tertiary/aromatic N) is 3. The second-order valence-corrected chi connectivity index (χ2v) is 4.95. The molecule has 2 rings (SSSR count). The Morgan fingerprint density at radius 1 is 1.47 bits per heavy atom. The fourth-order valence-electron chi connectivity index (χ4n) is 2.13. The SMILES string of the molecule is Cc1cnc(N2CCCC(C)(C(=O)O)C2)nc1. The van der Waals surface area contributed by atoms with Crippen LogP contribution in [0.4, 0.5) is 5.95 Å². The molecule has 0 radical (unpaired) electrons. The van der Waals surface area contributed by atoms with Crippen LogP contribution in [0.15, 0.2) is 12.4 Å². The van der Waals surface area contributed by atoms with Crippen molar-refractivity contribution in [2.75, 3.05) is 18.0 Å². The zero-order chi connectivity index (χ0) is 12.5. The van der Waals surface area contributed by atoms with E-state index in [1.807, 2.05) is 11.8 Å². The van der Waals surface area contributed by atoms with Crippen molar-refractivity contribution in [1.29, 1.82) is 0 Å². The van der Waals surface area contributed by atoms with Crippen molar-refractivity contribution < 1.29 is 9.90 Å². The van der Waals surface area contributed by atoms with Crippen LogP contribution in [0.1, 0.15) is 25.3 Å². The molecule has 5 nitrogen and oxygen atoms in total. The molecule has 0 aromatic carbocycles. The van der Waals surface area contributed by atoms with Gasteiger partial charge in [-0.05, 0) is 32.3 Å². The second-order valence-electron chi connectivity index (χ2n) is 4.95. The molecule has 0 saturated carbocycles. The van der Waals surface area contributed by atoms with Gasteiger partial charge in [-0.1, -0.05) is 0 Å². The Bertz CT molecular complexity index is 418. The van der Waals surface area contributed by atoms with E-state index in [0.29, 0.717) is 18.9 Å². The number of hydrogen-bond donors (Lipinski definition) is 1. The number of piperidine rings is 1. The lowest BCUT2D eigenvalue weighted by molar-refractivity contribution is -0.148. The first-order valence-corrected chi connectivity index (χ1v) is 5.78. The van der Waals surface area contributed by atoms with E-state index in [2.05, 4.69) is 9.97 Å². The molecular weight excluding hydrogens is 218 g/mol. The summed E-state index contributed by atoms with van der Waals surface area (Å²) >= 11 is 0. The lowest BCUT2D eigenvalue weighted by Crippen LogP contribution is -2.46. The first kappa shape index (κ1) is 11.8. The van der Waals surface area contributed by atoms with Crippen molar-refractivity contribution in [3.05, 3.63) is 18.0 Å². The predicted molar refractivity (Wildman–Crippen MR) is 64.0 cm³/mol. The van der Waals surface area contributed by atoms with Gasteiger partial charge in [0.2, 0.25) is 5.95 Å². The largest absolute Gasteiger partial charge is 0.481 e. The molecule has 1 aromatic heterocycles. The molecule has 0 amide bonds. The predicted octanol–water partition coefficient (Wildman–Crippen LogP) is 1.48. The van der Waals surface area contributed by atoms with Crippen molar-refractivity contribution >= 4 is 11.9 Å². The number of carboxylic acid groups (broad SMARTS) is 1. The van der Waals surface area contributed by atoms with E-state index in [4.69, 9.17) is 0 Å². The standard InChI is InChI=1S/C12H17N3O2/c1-9-6-13-11(14-7-9)15-5-3-4-12(2,8-15)10(16)17/h6-7H,3-5,8H2,1-2H3,(H,16,17). The summed E-state index contributed by atoms with van der Waals surface area (Å²) in [5.41, 5.74) is 0.318. The smallest absolute Gasteiger partial charge is 0.311 e. The molecule has 5 heteroatoms. The summed E-state index contributed by atoms with van der Waals surface area (Å²) in [5.74, 6) is -0.114. The summed E-state index contributed by atoms with van der Waals surface area (Å²) in [4.78, 5) is 21.7. The molecule has 2 heterocycles. The van der Waals surface area contributed by atoms with Crippen LogP contribution in [0, 0.1) is 12.3 Å². The molecule has 0 spiro atoms. The van der Waals surface area contributed by atoms with Crippen LogP contribution in [-0.2, 0) is 4.79 Å². The summed E-state index contributed by atoms with van der Waals surface area (Å²) in [5, 5.41) is 9.24. The summed E-state index contributed by atoms with van der Waals surface area (Å²) in [6.07, 6.45) is 5.09. The van der Waals surface area contributed by atoms with Gasteiger partial charge in [0.1, 0.15) is 0 Å². The van der Waals surface area contributed by atoms with Crippen LogP contribution >= 0.6 is 0 Å². The molecule has 1 fully saturated rings. The zero-order valence-electron chi connectivity index (χ0n) is 10.2. The monoisotopic (exact) mass is 235 g/mol. The maximum atomic E-state index is 11.2. The highest BCUT2D eigenvalue weighted by atomic mass is 16.4.